The Kier molecular flexibility index (Phi) is 4.75. The molecule has 1 aliphatic rings. The first kappa shape index (κ1) is 16.5. The predicted molar refractivity (Wildman–Crippen MR) is 102 cm³/mol. The van der Waals surface area contributed by atoms with E-state index in [1.54, 1.807) is 6.20 Å². The lowest BCUT2D eigenvalue weighted by atomic mass is 10.1. The maximum Gasteiger partial charge on any atom is 0.224 e. The van der Waals surface area contributed by atoms with Gasteiger partial charge in [0.25, 0.3) is 0 Å². The van der Waals surface area contributed by atoms with Crippen molar-refractivity contribution in [3.05, 3.63) is 71.7 Å². The summed E-state index contributed by atoms with van der Waals surface area (Å²) in [5, 5.41) is 12.2. The first-order valence-corrected chi connectivity index (χ1v) is 8.82. The molecule has 0 bridgehead atoms. The van der Waals surface area contributed by atoms with Crippen LogP contribution in [0.5, 0.6) is 0 Å². The van der Waals surface area contributed by atoms with E-state index in [0.29, 0.717) is 18.9 Å². The minimum absolute atomic E-state index is 0.0401. The lowest BCUT2D eigenvalue weighted by Crippen LogP contribution is -2.16. The van der Waals surface area contributed by atoms with E-state index in [1.165, 1.54) is 5.56 Å². The van der Waals surface area contributed by atoms with E-state index in [9.17, 15) is 0 Å². The molecule has 0 saturated heterocycles. The SMILES string of the molecule is OCCNc1nc(Cc2ccccn2)c2c(n1)N(c1ccccc1)CC2. The van der Waals surface area contributed by atoms with Crippen molar-refractivity contribution in [1.29, 1.82) is 0 Å². The summed E-state index contributed by atoms with van der Waals surface area (Å²) in [6, 6.07) is 16.2. The van der Waals surface area contributed by atoms with Gasteiger partial charge in [-0.25, -0.2) is 4.98 Å². The minimum Gasteiger partial charge on any atom is -0.395 e. The number of anilines is 3. The summed E-state index contributed by atoms with van der Waals surface area (Å²) in [7, 11) is 0. The molecule has 6 nitrogen and oxygen atoms in total. The Balaban J connectivity index is 1.73. The van der Waals surface area contributed by atoms with Crippen LogP contribution in [0.25, 0.3) is 0 Å². The number of benzene rings is 1. The fraction of sp³-hybridized carbons (Fsp3) is 0.250. The van der Waals surface area contributed by atoms with Gasteiger partial charge in [-0.15, -0.1) is 0 Å². The van der Waals surface area contributed by atoms with Crippen LogP contribution >= 0.6 is 0 Å². The third-order valence-corrected chi connectivity index (χ3v) is 4.45. The van der Waals surface area contributed by atoms with Crippen LogP contribution in [-0.4, -0.2) is 39.8 Å². The van der Waals surface area contributed by atoms with Crippen LogP contribution in [0.1, 0.15) is 17.0 Å². The summed E-state index contributed by atoms with van der Waals surface area (Å²) in [4.78, 5) is 16.1. The van der Waals surface area contributed by atoms with Gasteiger partial charge in [0, 0.05) is 42.7 Å². The molecule has 0 amide bonds. The van der Waals surface area contributed by atoms with E-state index >= 15 is 0 Å². The first-order valence-electron chi connectivity index (χ1n) is 8.82. The van der Waals surface area contributed by atoms with E-state index in [-0.39, 0.29) is 6.61 Å². The maximum atomic E-state index is 9.12. The van der Waals surface area contributed by atoms with Gasteiger partial charge in [-0.3, -0.25) is 4.98 Å². The molecule has 0 fully saturated rings. The van der Waals surface area contributed by atoms with Crippen LogP contribution in [0.4, 0.5) is 17.5 Å². The zero-order valence-corrected chi connectivity index (χ0v) is 14.5. The Morgan fingerprint density at radius 2 is 1.88 bits per heavy atom. The lowest BCUT2D eigenvalue weighted by molar-refractivity contribution is 0.311. The van der Waals surface area contributed by atoms with Crippen molar-refractivity contribution in [3.8, 4) is 0 Å². The van der Waals surface area contributed by atoms with E-state index in [1.807, 2.05) is 36.4 Å². The number of para-hydroxylation sites is 1. The molecule has 4 rings (SSSR count). The number of aliphatic hydroxyl groups excluding tert-OH is 1. The van der Waals surface area contributed by atoms with Gasteiger partial charge in [0.15, 0.2) is 0 Å². The van der Waals surface area contributed by atoms with Crippen LogP contribution in [0.2, 0.25) is 0 Å². The van der Waals surface area contributed by atoms with Crippen LogP contribution in [0, 0.1) is 0 Å². The Bertz CT molecular complexity index is 870. The fourth-order valence-electron chi connectivity index (χ4n) is 3.25. The van der Waals surface area contributed by atoms with Gasteiger partial charge >= 0.3 is 0 Å². The number of hydrogen-bond acceptors (Lipinski definition) is 6. The number of aliphatic hydroxyl groups is 1. The Hall–Kier alpha value is -2.99. The molecular weight excluding hydrogens is 326 g/mol. The number of nitrogens with one attached hydrogen (secondary N) is 1. The average Bonchev–Trinajstić information content (AvgIpc) is 3.12. The van der Waals surface area contributed by atoms with Gasteiger partial charge in [0.1, 0.15) is 5.82 Å². The molecule has 0 radical (unpaired) electrons. The highest BCUT2D eigenvalue weighted by atomic mass is 16.3. The molecule has 0 aliphatic carbocycles. The van der Waals surface area contributed by atoms with Gasteiger partial charge in [0.2, 0.25) is 5.95 Å². The zero-order valence-electron chi connectivity index (χ0n) is 14.5. The first-order chi connectivity index (χ1) is 12.8. The number of aromatic nitrogens is 3. The van der Waals surface area contributed by atoms with Crippen LogP contribution in [0.15, 0.2) is 54.7 Å². The van der Waals surface area contributed by atoms with Crippen LogP contribution in [0.3, 0.4) is 0 Å². The molecule has 3 aromatic rings. The molecule has 0 saturated carbocycles. The molecule has 0 spiro atoms. The van der Waals surface area contributed by atoms with E-state index in [4.69, 9.17) is 15.1 Å². The Morgan fingerprint density at radius 3 is 2.65 bits per heavy atom. The normalized spacial score (nSPS) is 12.9. The summed E-state index contributed by atoms with van der Waals surface area (Å²) in [5.74, 6) is 1.49. The smallest absolute Gasteiger partial charge is 0.224 e. The number of hydrogen-bond donors (Lipinski definition) is 2. The quantitative estimate of drug-likeness (QED) is 0.714. The van der Waals surface area contributed by atoms with E-state index in [2.05, 4.69) is 27.3 Å². The fourth-order valence-corrected chi connectivity index (χ4v) is 3.25. The summed E-state index contributed by atoms with van der Waals surface area (Å²) < 4.78 is 0. The van der Waals surface area contributed by atoms with Crippen molar-refractivity contribution in [2.24, 2.45) is 0 Å². The second-order valence-corrected chi connectivity index (χ2v) is 6.18. The highest BCUT2D eigenvalue weighted by Gasteiger charge is 2.26. The van der Waals surface area contributed by atoms with E-state index in [0.717, 1.165) is 35.9 Å². The molecular formula is C20H21N5O. The van der Waals surface area contributed by atoms with Crippen molar-refractivity contribution in [1.82, 2.24) is 15.0 Å². The molecule has 26 heavy (non-hydrogen) atoms. The summed E-state index contributed by atoms with van der Waals surface area (Å²) in [6.07, 6.45) is 3.38. The summed E-state index contributed by atoms with van der Waals surface area (Å²) >= 11 is 0. The van der Waals surface area contributed by atoms with E-state index < -0.39 is 0 Å². The van der Waals surface area contributed by atoms with Crippen LogP contribution < -0.4 is 10.2 Å². The van der Waals surface area contributed by atoms with Crippen molar-refractivity contribution in [2.45, 2.75) is 12.8 Å². The van der Waals surface area contributed by atoms with Crippen molar-refractivity contribution < 1.29 is 5.11 Å². The lowest BCUT2D eigenvalue weighted by Gasteiger charge is -2.19. The Morgan fingerprint density at radius 1 is 1.04 bits per heavy atom. The molecule has 1 aromatic carbocycles. The number of pyridine rings is 1. The molecule has 0 unspecified atom stereocenters. The highest BCUT2D eigenvalue weighted by Crippen LogP contribution is 2.35. The molecule has 2 N–H and O–H groups in total. The van der Waals surface area contributed by atoms with Gasteiger partial charge in [-0.2, -0.15) is 4.98 Å². The largest absolute Gasteiger partial charge is 0.395 e. The van der Waals surface area contributed by atoms with Gasteiger partial charge < -0.3 is 15.3 Å². The molecule has 1 aliphatic heterocycles. The number of rotatable bonds is 6. The van der Waals surface area contributed by atoms with Crippen molar-refractivity contribution >= 4 is 17.5 Å². The maximum absolute atomic E-state index is 9.12. The predicted octanol–water partition coefficient (Wildman–Crippen LogP) is 2.56. The third-order valence-electron chi connectivity index (χ3n) is 4.45. The third kappa shape index (κ3) is 3.36. The average molecular weight is 347 g/mol. The monoisotopic (exact) mass is 347 g/mol. The zero-order chi connectivity index (χ0) is 17.8. The number of nitrogens with zero attached hydrogens (tertiary/aromatic N) is 4. The van der Waals surface area contributed by atoms with Crippen LogP contribution in [-0.2, 0) is 12.8 Å². The second kappa shape index (κ2) is 7.49. The molecule has 3 heterocycles. The molecule has 0 atom stereocenters. The van der Waals surface area contributed by atoms with Crippen molar-refractivity contribution in [2.75, 3.05) is 29.9 Å². The van der Waals surface area contributed by atoms with Gasteiger partial charge in [-0.1, -0.05) is 24.3 Å². The molecule has 132 valence electrons. The molecule has 6 heteroatoms. The topological polar surface area (TPSA) is 74.2 Å². The second-order valence-electron chi connectivity index (χ2n) is 6.18. The Labute approximate surface area is 152 Å². The highest BCUT2D eigenvalue weighted by molar-refractivity contribution is 5.68. The van der Waals surface area contributed by atoms with Crippen molar-refractivity contribution in [3.63, 3.8) is 0 Å². The molecule has 2 aromatic heterocycles. The summed E-state index contributed by atoms with van der Waals surface area (Å²) in [6.45, 7) is 1.35. The number of fused-ring (bicyclic) bond motifs is 1. The standard InChI is InChI=1S/C20H21N5O/c26-13-11-22-20-23-18(14-15-6-4-5-10-21-15)17-9-12-25(19(17)24-20)16-7-2-1-3-8-16/h1-8,10,26H,9,11-14H2,(H,22,23,24). The van der Waals surface area contributed by atoms with Gasteiger partial charge in [0.05, 0.1) is 12.3 Å². The summed E-state index contributed by atoms with van der Waals surface area (Å²) in [5.41, 5.74) is 4.28. The van der Waals surface area contributed by atoms with Gasteiger partial charge in [-0.05, 0) is 30.7 Å². The minimum atomic E-state index is 0.0401.